The van der Waals surface area contributed by atoms with E-state index in [1.54, 1.807) is 19.1 Å². The molecule has 1 aliphatic heterocycles. The fourth-order valence-corrected chi connectivity index (χ4v) is 3.66. The average Bonchev–Trinajstić information content (AvgIpc) is 3.07. The highest BCUT2D eigenvalue weighted by Gasteiger charge is 2.39. The van der Waals surface area contributed by atoms with E-state index in [0.29, 0.717) is 5.57 Å². The molecule has 1 atom stereocenters. The highest BCUT2D eigenvalue weighted by atomic mass is 32.1. The average molecular weight is 358 g/mol. The summed E-state index contributed by atoms with van der Waals surface area (Å²) in [6.07, 6.45) is 0. The molecule has 2 amide bonds. The van der Waals surface area contributed by atoms with Crippen LogP contribution in [0.3, 0.4) is 0 Å². The molecule has 1 aromatic carbocycles. The van der Waals surface area contributed by atoms with E-state index in [1.807, 2.05) is 0 Å². The first kappa shape index (κ1) is 16.8. The van der Waals surface area contributed by atoms with Crippen molar-refractivity contribution in [2.24, 2.45) is 0 Å². The Morgan fingerprint density at radius 1 is 1.16 bits per heavy atom. The summed E-state index contributed by atoms with van der Waals surface area (Å²) in [5, 5.41) is 1.38. The predicted molar refractivity (Wildman–Crippen MR) is 92.0 cm³/mol. The fraction of sp³-hybridized carbons (Fsp3) is 0.176. The molecule has 7 nitrogen and oxygen atoms in total. The summed E-state index contributed by atoms with van der Waals surface area (Å²) in [5.41, 5.74) is 0.178. The smallest absolute Gasteiger partial charge is 0.334 e. The van der Waals surface area contributed by atoms with Gasteiger partial charge in [0.05, 0.1) is 18.2 Å². The van der Waals surface area contributed by atoms with E-state index in [1.165, 1.54) is 24.6 Å². The zero-order valence-corrected chi connectivity index (χ0v) is 14.3. The van der Waals surface area contributed by atoms with Gasteiger partial charge in [-0.25, -0.2) is 13.7 Å². The van der Waals surface area contributed by atoms with Crippen molar-refractivity contribution in [3.8, 4) is 0 Å². The van der Waals surface area contributed by atoms with Gasteiger partial charge in [0.2, 0.25) is 0 Å². The molecule has 0 aliphatic carbocycles. The summed E-state index contributed by atoms with van der Waals surface area (Å²) in [7, 11) is 1.21. The maximum atomic E-state index is 12.7. The normalized spacial score (nSPS) is 14.4. The number of ether oxygens (including phenoxy) is 1. The van der Waals surface area contributed by atoms with Crippen LogP contribution < -0.4 is 10.5 Å². The summed E-state index contributed by atoms with van der Waals surface area (Å²) in [4.78, 5) is 50.6. The molecule has 0 spiro atoms. The van der Waals surface area contributed by atoms with Crippen LogP contribution in [-0.4, -0.2) is 28.9 Å². The Bertz CT molecular complexity index is 936. The number of nitrogens with zero attached hydrogens (tertiary/aromatic N) is 2. The molecule has 0 N–H and O–H groups in total. The lowest BCUT2D eigenvalue weighted by Gasteiger charge is -2.15. The number of carbonyl (C=O) groups is 3. The Kier molecular flexibility index (Phi) is 4.13. The van der Waals surface area contributed by atoms with Gasteiger partial charge in [-0.1, -0.05) is 30.2 Å². The minimum atomic E-state index is -1.01. The highest BCUT2D eigenvalue weighted by molar-refractivity contribution is 7.04. The van der Waals surface area contributed by atoms with Crippen molar-refractivity contribution in [1.29, 1.82) is 0 Å². The lowest BCUT2D eigenvalue weighted by molar-refractivity contribution is -0.143. The van der Waals surface area contributed by atoms with Gasteiger partial charge in [0.1, 0.15) is 5.69 Å². The highest BCUT2D eigenvalue weighted by Crippen LogP contribution is 2.29. The SMILES string of the molecule is C=C(C)C(C(=O)OC)n1scc(N2C(=O)c3ccccc3C2=O)c1=O. The Hall–Kier alpha value is -3.00. The summed E-state index contributed by atoms with van der Waals surface area (Å²) < 4.78 is 5.86. The number of carbonyl (C=O) groups excluding carboxylic acids is 3. The van der Waals surface area contributed by atoms with Crippen LogP contribution in [0.25, 0.3) is 0 Å². The monoisotopic (exact) mass is 358 g/mol. The molecule has 1 aromatic heterocycles. The molecule has 2 aromatic rings. The van der Waals surface area contributed by atoms with Crippen LogP contribution in [0, 0.1) is 0 Å². The number of anilines is 1. The van der Waals surface area contributed by atoms with Crippen LogP contribution in [0.2, 0.25) is 0 Å². The van der Waals surface area contributed by atoms with E-state index in [0.717, 1.165) is 20.4 Å². The summed E-state index contributed by atoms with van der Waals surface area (Å²) >= 11 is 0.922. The van der Waals surface area contributed by atoms with Crippen LogP contribution in [0.1, 0.15) is 33.7 Å². The lowest BCUT2D eigenvalue weighted by atomic mass is 10.1. The van der Waals surface area contributed by atoms with Gasteiger partial charge in [-0.15, -0.1) is 0 Å². The molecule has 8 heteroatoms. The van der Waals surface area contributed by atoms with Crippen LogP contribution in [0.4, 0.5) is 5.69 Å². The molecule has 0 radical (unpaired) electrons. The number of amides is 2. The van der Waals surface area contributed by atoms with E-state index >= 15 is 0 Å². The quantitative estimate of drug-likeness (QED) is 0.474. The number of rotatable bonds is 4. The second-order valence-corrected chi connectivity index (χ2v) is 6.34. The van der Waals surface area contributed by atoms with Crippen molar-refractivity contribution < 1.29 is 19.1 Å². The van der Waals surface area contributed by atoms with E-state index in [-0.39, 0.29) is 16.8 Å². The summed E-state index contributed by atoms with van der Waals surface area (Å²) in [6, 6.07) is 5.35. The third-order valence-electron chi connectivity index (χ3n) is 3.86. The number of aromatic nitrogens is 1. The molecule has 0 fully saturated rings. The van der Waals surface area contributed by atoms with Gasteiger partial charge in [-0.3, -0.25) is 14.4 Å². The Morgan fingerprint density at radius 3 is 2.20 bits per heavy atom. The number of hydrogen-bond acceptors (Lipinski definition) is 6. The molecular formula is C17H14N2O5S. The summed E-state index contributed by atoms with van der Waals surface area (Å²) in [6.45, 7) is 5.30. The molecule has 25 heavy (non-hydrogen) atoms. The van der Waals surface area contributed by atoms with Gasteiger partial charge in [0, 0.05) is 5.38 Å². The van der Waals surface area contributed by atoms with Crippen molar-refractivity contribution in [2.75, 3.05) is 12.0 Å². The number of benzene rings is 1. The van der Waals surface area contributed by atoms with Crippen molar-refractivity contribution in [1.82, 2.24) is 3.96 Å². The van der Waals surface area contributed by atoms with E-state index < -0.39 is 29.4 Å². The second-order valence-electron chi connectivity index (χ2n) is 5.50. The molecule has 0 saturated carbocycles. The number of fused-ring (bicyclic) bond motifs is 1. The Morgan fingerprint density at radius 2 is 1.72 bits per heavy atom. The van der Waals surface area contributed by atoms with Crippen molar-refractivity contribution in [3.63, 3.8) is 0 Å². The molecule has 0 saturated heterocycles. The third kappa shape index (κ3) is 2.51. The number of methoxy groups -OCH3 is 1. The van der Waals surface area contributed by atoms with E-state index in [4.69, 9.17) is 4.74 Å². The van der Waals surface area contributed by atoms with E-state index in [2.05, 4.69) is 6.58 Å². The zero-order valence-electron chi connectivity index (χ0n) is 13.5. The van der Waals surface area contributed by atoms with Gasteiger partial charge in [0.15, 0.2) is 6.04 Å². The summed E-state index contributed by atoms with van der Waals surface area (Å²) in [5.74, 6) is -1.77. The van der Waals surface area contributed by atoms with Crippen LogP contribution in [-0.2, 0) is 9.53 Å². The molecule has 0 bridgehead atoms. The van der Waals surface area contributed by atoms with Gasteiger partial charge in [-0.05, 0) is 24.6 Å². The van der Waals surface area contributed by atoms with Gasteiger partial charge < -0.3 is 4.74 Å². The first-order valence-corrected chi connectivity index (χ1v) is 8.13. The van der Waals surface area contributed by atoms with Crippen molar-refractivity contribution in [3.05, 3.63) is 63.3 Å². The fourth-order valence-electron chi connectivity index (χ4n) is 2.66. The molecule has 2 heterocycles. The maximum Gasteiger partial charge on any atom is 0.334 e. The van der Waals surface area contributed by atoms with E-state index in [9.17, 15) is 19.2 Å². The predicted octanol–water partition coefficient (Wildman–Crippen LogP) is 2.00. The maximum absolute atomic E-state index is 12.7. The van der Waals surface area contributed by atoms with Crippen LogP contribution in [0.5, 0.6) is 0 Å². The Balaban J connectivity index is 2.08. The van der Waals surface area contributed by atoms with Gasteiger partial charge in [-0.2, -0.15) is 0 Å². The molecule has 1 aliphatic rings. The topological polar surface area (TPSA) is 85.7 Å². The van der Waals surface area contributed by atoms with Crippen molar-refractivity contribution in [2.45, 2.75) is 13.0 Å². The van der Waals surface area contributed by atoms with Gasteiger partial charge in [0.25, 0.3) is 17.4 Å². The van der Waals surface area contributed by atoms with Crippen LogP contribution in [0.15, 0.2) is 46.6 Å². The van der Waals surface area contributed by atoms with Gasteiger partial charge >= 0.3 is 5.97 Å². The standard InChI is InChI=1S/C17H14N2O5S/c1-9(2)13(17(23)24-3)19-16(22)12(8-25-19)18-14(20)10-6-4-5-7-11(10)15(18)21/h4-8,13H,1H2,2-3H3. The lowest BCUT2D eigenvalue weighted by Crippen LogP contribution is -2.35. The second kappa shape index (κ2) is 6.14. The zero-order chi connectivity index (χ0) is 18.3. The third-order valence-corrected chi connectivity index (χ3v) is 4.79. The number of imide groups is 1. The molecule has 1 unspecified atom stereocenters. The molecular weight excluding hydrogens is 344 g/mol. The minimum absolute atomic E-state index is 0.0913. The minimum Gasteiger partial charge on any atom is -0.467 e. The van der Waals surface area contributed by atoms with Crippen molar-refractivity contribution >= 4 is 35.0 Å². The number of esters is 1. The Labute approximate surface area is 146 Å². The molecule has 128 valence electrons. The van der Waals surface area contributed by atoms with Crippen LogP contribution >= 0.6 is 11.5 Å². The first-order valence-electron chi connectivity index (χ1n) is 7.30. The number of hydrogen-bond donors (Lipinski definition) is 0. The first-order chi connectivity index (χ1) is 11.9. The molecule has 3 rings (SSSR count). The largest absolute Gasteiger partial charge is 0.467 e.